The highest BCUT2D eigenvalue weighted by Gasteiger charge is 2.07. The van der Waals surface area contributed by atoms with E-state index in [1.807, 2.05) is 0 Å². The van der Waals surface area contributed by atoms with Crippen LogP contribution in [0.3, 0.4) is 0 Å². The van der Waals surface area contributed by atoms with Crippen molar-refractivity contribution in [2.24, 2.45) is 0 Å². The third kappa shape index (κ3) is 4.59. The lowest BCUT2D eigenvalue weighted by Crippen LogP contribution is -2.24. The predicted molar refractivity (Wildman–Crippen MR) is 91.5 cm³/mol. The van der Waals surface area contributed by atoms with E-state index in [-0.39, 0.29) is 11.7 Å². The number of methoxy groups -OCH3 is 2. The fraction of sp³-hybridized carbons (Fsp3) is 0.211. The minimum atomic E-state index is -0.294. The minimum Gasteiger partial charge on any atom is -0.497 e. The molecule has 1 amide bonds. The monoisotopic (exact) mass is 329 g/mol. The Bertz CT molecular complexity index is 726. The second-order valence-electron chi connectivity index (χ2n) is 5.26. The molecule has 24 heavy (non-hydrogen) atoms. The van der Waals surface area contributed by atoms with Gasteiger partial charge in [0.1, 0.15) is 17.3 Å². The third-order valence-corrected chi connectivity index (χ3v) is 3.55. The van der Waals surface area contributed by atoms with Gasteiger partial charge in [-0.3, -0.25) is 4.79 Å². The Morgan fingerprint density at radius 2 is 1.83 bits per heavy atom. The summed E-state index contributed by atoms with van der Waals surface area (Å²) in [6, 6.07) is 11.4. The molecule has 0 aliphatic carbocycles. The number of halogens is 1. The SMILES string of the molecule is COc1ccc(OC)c(/C=C/C(=O)N(C)Cc2ccc(F)cc2)c1. The van der Waals surface area contributed by atoms with Crippen LogP contribution in [0.4, 0.5) is 4.39 Å². The number of carbonyl (C=O) groups is 1. The molecule has 5 heteroatoms. The summed E-state index contributed by atoms with van der Waals surface area (Å²) in [5, 5.41) is 0. The standard InChI is InChI=1S/C19H20FNO3/c1-21(13-14-4-7-16(20)8-5-14)19(22)11-6-15-12-17(23-2)9-10-18(15)24-3/h4-12H,13H2,1-3H3/b11-6+. The smallest absolute Gasteiger partial charge is 0.246 e. The molecule has 0 heterocycles. The molecule has 0 fully saturated rings. The molecule has 0 atom stereocenters. The average molecular weight is 329 g/mol. The van der Waals surface area contributed by atoms with Gasteiger partial charge in [0.05, 0.1) is 14.2 Å². The lowest BCUT2D eigenvalue weighted by atomic mass is 10.1. The van der Waals surface area contributed by atoms with Gasteiger partial charge in [0, 0.05) is 25.2 Å². The van der Waals surface area contributed by atoms with E-state index in [9.17, 15) is 9.18 Å². The summed E-state index contributed by atoms with van der Waals surface area (Å²) in [5.74, 6) is 0.880. The average Bonchev–Trinajstić information content (AvgIpc) is 2.61. The van der Waals surface area contributed by atoms with Crippen molar-refractivity contribution in [1.82, 2.24) is 4.90 Å². The van der Waals surface area contributed by atoms with Crippen LogP contribution < -0.4 is 9.47 Å². The number of rotatable bonds is 6. The maximum Gasteiger partial charge on any atom is 0.246 e. The molecule has 126 valence electrons. The van der Waals surface area contributed by atoms with Gasteiger partial charge in [-0.1, -0.05) is 12.1 Å². The van der Waals surface area contributed by atoms with Gasteiger partial charge < -0.3 is 14.4 Å². The zero-order chi connectivity index (χ0) is 17.5. The van der Waals surface area contributed by atoms with Crippen molar-refractivity contribution < 1.29 is 18.7 Å². The Balaban J connectivity index is 2.07. The van der Waals surface area contributed by atoms with Crippen LogP contribution in [-0.2, 0) is 11.3 Å². The van der Waals surface area contributed by atoms with Crippen molar-refractivity contribution in [3.63, 3.8) is 0 Å². The Kier molecular flexibility index (Phi) is 5.95. The number of hydrogen-bond acceptors (Lipinski definition) is 3. The van der Waals surface area contributed by atoms with Crippen LogP contribution in [-0.4, -0.2) is 32.1 Å². The van der Waals surface area contributed by atoms with Crippen molar-refractivity contribution in [2.75, 3.05) is 21.3 Å². The van der Waals surface area contributed by atoms with Crippen LogP contribution in [0.25, 0.3) is 6.08 Å². The molecule has 0 N–H and O–H groups in total. The second-order valence-corrected chi connectivity index (χ2v) is 5.26. The van der Waals surface area contributed by atoms with E-state index >= 15 is 0 Å². The molecule has 0 spiro atoms. The zero-order valence-corrected chi connectivity index (χ0v) is 14.0. The van der Waals surface area contributed by atoms with Crippen LogP contribution in [0, 0.1) is 5.82 Å². The predicted octanol–water partition coefficient (Wildman–Crippen LogP) is 3.51. The van der Waals surface area contributed by atoms with Gasteiger partial charge in [-0.05, 0) is 42.0 Å². The molecular weight excluding hydrogens is 309 g/mol. The number of carbonyl (C=O) groups excluding carboxylic acids is 1. The highest BCUT2D eigenvalue weighted by Crippen LogP contribution is 2.25. The topological polar surface area (TPSA) is 38.8 Å². The van der Waals surface area contributed by atoms with Crippen molar-refractivity contribution >= 4 is 12.0 Å². The van der Waals surface area contributed by atoms with Crippen molar-refractivity contribution in [3.8, 4) is 11.5 Å². The second kappa shape index (κ2) is 8.15. The van der Waals surface area contributed by atoms with Gasteiger partial charge in [-0.2, -0.15) is 0 Å². The summed E-state index contributed by atoms with van der Waals surface area (Å²) in [7, 11) is 4.84. The van der Waals surface area contributed by atoms with Gasteiger partial charge in [0.15, 0.2) is 0 Å². The van der Waals surface area contributed by atoms with Crippen LogP contribution >= 0.6 is 0 Å². The Labute approximate surface area is 141 Å². The van der Waals surface area contributed by atoms with E-state index in [4.69, 9.17) is 9.47 Å². The maximum atomic E-state index is 12.9. The molecular formula is C19H20FNO3. The molecule has 0 aromatic heterocycles. The van der Waals surface area contributed by atoms with Gasteiger partial charge in [0.25, 0.3) is 0 Å². The summed E-state index contributed by atoms with van der Waals surface area (Å²) in [5.41, 5.74) is 1.61. The van der Waals surface area contributed by atoms with E-state index in [1.54, 1.807) is 62.6 Å². The lowest BCUT2D eigenvalue weighted by Gasteiger charge is -2.15. The zero-order valence-electron chi connectivity index (χ0n) is 14.0. The first-order valence-corrected chi connectivity index (χ1v) is 7.43. The number of hydrogen-bond donors (Lipinski definition) is 0. The first-order valence-electron chi connectivity index (χ1n) is 7.43. The first kappa shape index (κ1) is 17.5. The Morgan fingerprint density at radius 1 is 1.12 bits per heavy atom. The molecule has 0 radical (unpaired) electrons. The molecule has 4 nitrogen and oxygen atoms in total. The summed E-state index contributed by atoms with van der Waals surface area (Å²) >= 11 is 0. The fourth-order valence-corrected chi connectivity index (χ4v) is 2.20. The summed E-state index contributed by atoms with van der Waals surface area (Å²) in [6.07, 6.45) is 3.16. The Hall–Kier alpha value is -2.82. The van der Waals surface area contributed by atoms with Gasteiger partial charge in [0.2, 0.25) is 5.91 Å². The Morgan fingerprint density at radius 3 is 2.46 bits per heavy atom. The molecule has 0 aliphatic rings. The molecule has 2 aromatic rings. The maximum absolute atomic E-state index is 12.9. The normalized spacial score (nSPS) is 10.7. The first-order chi connectivity index (χ1) is 11.5. The number of benzene rings is 2. The van der Waals surface area contributed by atoms with E-state index in [0.717, 1.165) is 11.1 Å². The molecule has 2 rings (SSSR count). The van der Waals surface area contributed by atoms with Crippen molar-refractivity contribution in [1.29, 1.82) is 0 Å². The van der Waals surface area contributed by atoms with Crippen LogP contribution in [0.1, 0.15) is 11.1 Å². The summed E-state index contributed by atoms with van der Waals surface area (Å²) in [6.45, 7) is 0.401. The molecule has 0 bridgehead atoms. The van der Waals surface area contributed by atoms with E-state index in [0.29, 0.717) is 18.0 Å². The molecule has 0 saturated carbocycles. The van der Waals surface area contributed by atoms with Crippen LogP contribution in [0.5, 0.6) is 11.5 Å². The fourth-order valence-electron chi connectivity index (χ4n) is 2.20. The highest BCUT2D eigenvalue weighted by molar-refractivity contribution is 5.92. The van der Waals surface area contributed by atoms with Crippen molar-refractivity contribution in [2.45, 2.75) is 6.54 Å². The van der Waals surface area contributed by atoms with E-state index < -0.39 is 0 Å². The van der Waals surface area contributed by atoms with Crippen LogP contribution in [0.15, 0.2) is 48.5 Å². The number of nitrogens with zero attached hydrogens (tertiary/aromatic N) is 1. The number of ether oxygens (including phenoxy) is 2. The van der Waals surface area contributed by atoms with E-state index in [2.05, 4.69) is 0 Å². The number of likely N-dealkylation sites (N-methyl/N-ethyl adjacent to an activating group) is 1. The molecule has 0 unspecified atom stereocenters. The quantitative estimate of drug-likeness (QED) is 0.761. The minimum absolute atomic E-state index is 0.163. The van der Waals surface area contributed by atoms with Crippen molar-refractivity contribution in [3.05, 3.63) is 65.5 Å². The highest BCUT2D eigenvalue weighted by atomic mass is 19.1. The molecule has 0 saturated heterocycles. The summed E-state index contributed by atoms with van der Waals surface area (Å²) < 4.78 is 23.4. The van der Waals surface area contributed by atoms with Gasteiger partial charge in [-0.15, -0.1) is 0 Å². The van der Waals surface area contributed by atoms with Gasteiger partial charge in [-0.25, -0.2) is 4.39 Å². The van der Waals surface area contributed by atoms with Crippen LogP contribution in [0.2, 0.25) is 0 Å². The number of amides is 1. The van der Waals surface area contributed by atoms with Gasteiger partial charge >= 0.3 is 0 Å². The molecule has 0 aliphatic heterocycles. The lowest BCUT2D eigenvalue weighted by molar-refractivity contribution is -0.125. The van der Waals surface area contributed by atoms with E-state index in [1.165, 1.54) is 18.2 Å². The largest absolute Gasteiger partial charge is 0.497 e. The third-order valence-electron chi connectivity index (χ3n) is 3.55. The summed E-state index contributed by atoms with van der Waals surface area (Å²) in [4.78, 5) is 13.8. The molecule has 2 aromatic carbocycles.